The zero-order valence-corrected chi connectivity index (χ0v) is 20.4. The monoisotopic (exact) mass is 548 g/mol. The number of hydrogen-bond donors (Lipinski definition) is 0. The van der Waals surface area contributed by atoms with Crippen molar-refractivity contribution >= 4 is 60.5 Å². The highest BCUT2D eigenvalue weighted by atomic mass is 79.9. The van der Waals surface area contributed by atoms with Gasteiger partial charge in [0, 0.05) is 32.6 Å². The second-order valence-electron chi connectivity index (χ2n) is 7.03. The first-order chi connectivity index (χ1) is 15.7. The van der Waals surface area contributed by atoms with E-state index >= 15 is 0 Å². The Morgan fingerprint density at radius 1 is 1.21 bits per heavy atom. The molecule has 4 rings (SSSR count). The molecular formula is C22H17BrN2O6S2. The summed E-state index contributed by atoms with van der Waals surface area (Å²) >= 11 is 4.61. The number of nitro groups is 1. The van der Waals surface area contributed by atoms with Crippen LogP contribution in [0.5, 0.6) is 5.75 Å². The summed E-state index contributed by atoms with van der Waals surface area (Å²) in [5.74, 6) is -0.137. The molecule has 33 heavy (non-hydrogen) atoms. The van der Waals surface area contributed by atoms with E-state index < -0.39 is 26.0 Å². The van der Waals surface area contributed by atoms with E-state index in [9.17, 15) is 23.3 Å². The first-order valence-electron chi connectivity index (χ1n) is 9.72. The SMILES string of the molecule is CCOc1ccc(N2C(=O)C(=Cc3cc(Br)cs3)S(=O)(=O)C2c2cccc([N+](=O)[O-])c2)cc1. The van der Waals surface area contributed by atoms with Gasteiger partial charge < -0.3 is 4.74 Å². The smallest absolute Gasteiger partial charge is 0.271 e. The quantitative estimate of drug-likeness (QED) is 0.234. The molecule has 1 aliphatic rings. The molecule has 0 radical (unpaired) electrons. The summed E-state index contributed by atoms with van der Waals surface area (Å²) in [7, 11) is -4.20. The maximum Gasteiger partial charge on any atom is 0.271 e. The summed E-state index contributed by atoms with van der Waals surface area (Å²) in [5, 5.41) is 11.6. The number of nitro benzene ring substituents is 1. The van der Waals surface area contributed by atoms with E-state index in [0.717, 1.165) is 9.37 Å². The molecule has 1 unspecified atom stereocenters. The molecule has 11 heteroatoms. The van der Waals surface area contributed by atoms with Gasteiger partial charge in [-0.2, -0.15) is 0 Å². The van der Waals surface area contributed by atoms with Gasteiger partial charge in [0.25, 0.3) is 11.6 Å². The third-order valence-electron chi connectivity index (χ3n) is 4.92. The van der Waals surface area contributed by atoms with Gasteiger partial charge in [-0.25, -0.2) is 8.42 Å². The van der Waals surface area contributed by atoms with Crippen LogP contribution in [0.1, 0.15) is 22.7 Å². The third kappa shape index (κ3) is 4.43. The van der Waals surface area contributed by atoms with Gasteiger partial charge in [-0.1, -0.05) is 12.1 Å². The summed E-state index contributed by atoms with van der Waals surface area (Å²) in [6.45, 7) is 2.29. The predicted octanol–water partition coefficient (Wildman–Crippen LogP) is 5.32. The summed E-state index contributed by atoms with van der Waals surface area (Å²) in [5.41, 5.74) is 0.197. The number of carbonyl (C=O) groups is 1. The molecule has 1 saturated heterocycles. The Kier molecular flexibility index (Phi) is 6.37. The van der Waals surface area contributed by atoms with Crippen molar-refractivity contribution in [2.24, 2.45) is 0 Å². The fourth-order valence-electron chi connectivity index (χ4n) is 3.53. The minimum absolute atomic E-state index is 0.127. The van der Waals surface area contributed by atoms with Crippen LogP contribution < -0.4 is 9.64 Å². The predicted molar refractivity (Wildman–Crippen MR) is 130 cm³/mol. The summed E-state index contributed by atoms with van der Waals surface area (Å²) in [4.78, 5) is 25.5. The van der Waals surface area contributed by atoms with Crippen molar-refractivity contribution in [3.05, 3.63) is 89.9 Å². The number of ether oxygens (including phenoxy) is 1. The lowest BCUT2D eigenvalue weighted by atomic mass is 10.1. The number of carbonyl (C=O) groups excluding carboxylic acids is 1. The van der Waals surface area contributed by atoms with Gasteiger partial charge in [0.2, 0.25) is 9.84 Å². The Morgan fingerprint density at radius 2 is 1.94 bits per heavy atom. The van der Waals surface area contributed by atoms with Gasteiger partial charge in [0.05, 0.1) is 11.5 Å². The molecule has 0 spiro atoms. The van der Waals surface area contributed by atoms with Crippen molar-refractivity contribution < 1.29 is 22.9 Å². The Bertz CT molecular complexity index is 1370. The van der Waals surface area contributed by atoms with Crippen LogP contribution in [-0.4, -0.2) is 25.9 Å². The highest BCUT2D eigenvalue weighted by molar-refractivity contribution is 9.10. The van der Waals surface area contributed by atoms with Gasteiger partial charge in [-0.05, 0) is 64.8 Å². The largest absolute Gasteiger partial charge is 0.494 e. The normalized spacial score (nSPS) is 18.6. The van der Waals surface area contributed by atoms with Gasteiger partial charge >= 0.3 is 0 Å². The van der Waals surface area contributed by atoms with Crippen molar-refractivity contribution in [1.29, 1.82) is 0 Å². The zero-order chi connectivity index (χ0) is 23.8. The van der Waals surface area contributed by atoms with E-state index in [1.165, 1.54) is 41.7 Å². The van der Waals surface area contributed by atoms with E-state index in [4.69, 9.17) is 4.74 Å². The topological polar surface area (TPSA) is 107 Å². The van der Waals surface area contributed by atoms with Gasteiger partial charge in [0.1, 0.15) is 10.7 Å². The number of rotatable bonds is 6. The van der Waals surface area contributed by atoms with Gasteiger partial charge in [0.15, 0.2) is 5.37 Å². The van der Waals surface area contributed by atoms with E-state index in [-0.39, 0.29) is 16.2 Å². The van der Waals surface area contributed by atoms with Gasteiger partial charge in [-0.3, -0.25) is 19.8 Å². The Balaban J connectivity index is 1.89. The molecule has 0 N–H and O–H groups in total. The van der Waals surface area contributed by atoms with Crippen molar-refractivity contribution in [3.63, 3.8) is 0 Å². The molecule has 0 saturated carbocycles. The maximum atomic E-state index is 13.6. The van der Waals surface area contributed by atoms with E-state index in [1.54, 1.807) is 35.7 Å². The van der Waals surface area contributed by atoms with Crippen LogP contribution >= 0.6 is 27.3 Å². The van der Waals surface area contributed by atoms with Crippen molar-refractivity contribution in [2.75, 3.05) is 11.5 Å². The molecule has 1 fully saturated rings. The lowest BCUT2D eigenvalue weighted by Crippen LogP contribution is -2.29. The van der Waals surface area contributed by atoms with Crippen LogP contribution in [0.25, 0.3) is 6.08 Å². The highest BCUT2D eigenvalue weighted by Crippen LogP contribution is 2.44. The van der Waals surface area contributed by atoms with Crippen molar-refractivity contribution in [2.45, 2.75) is 12.3 Å². The van der Waals surface area contributed by atoms with Crippen molar-refractivity contribution in [1.82, 2.24) is 0 Å². The van der Waals surface area contributed by atoms with Crippen LogP contribution in [0.2, 0.25) is 0 Å². The molecule has 3 aromatic rings. The fraction of sp³-hybridized carbons (Fsp3) is 0.136. The lowest BCUT2D eigenvalue weighted by Gasteiger charge is -2.23. The van der Waals surface area contributed by atoms with Crippen LogP contribution in [0.15, 0.2) is 69.4 Å². The molecule has 0 aliphatic carbocycles. The number of nitrogens with zero attached hydrogens (tertiary/aromatic N) is 2. The second-order valence-corrected chi connectivity index (χ2v) is 10.9. The standard InChI is InChI=1S/C22H17BrN2O6S2/c1-2-31-18-8-6-16(7-9-18)24-21(26)20(12-19-11-15(23)13-32-19)33(29,30)22(24)14-4-3-5-17(10-14)25(27)28/h3-13,22H,2H2,1H3. The third-order valence-corrected chi connectivity index (χ3v) is 8.53. The molecule has 1 atom stereocenters. The minimum Gasteiger partial charge on any atom is -0.494 e. The Hall–Kier alpha value is -3.02. The highest BCUT2D eigenvalue weighted by Gasteiger charge is 2.50. The van der Waals surface area contributed by atoms with Crippen LogP contribution in [0, 0.1) is 10.1 Å². The Labute approximate surface area is 202 Å². The van der Waals surface area contributed by atoms with Crippen LogP contribution in [-0.2, 0) is 14.6 Å². The number of thiophene rings is 1. The molecule has 170 valence electrons. The lowest BCUT2D eigenvalue weighted by molar-refractivity contribution is -0.384. The molecule has 8 nitrogen and oxygen atoms in total. The number of amides is 1. The van der Waals surface area contributed by atoms with Crippen LogP contribution in [0.3, 0.4) is 0 Å². The van der Waals surface area contributed by atoms with Crippen LogP contribution in [0.4, 0.5) is 11.4 Å². The zero-order valence-electron chi connectivity index (χ0n) is 17.2. The molecule has 1 amide bonds. The fourth-order valence-corrected chi connectivity index (χ4v) is 6.85. The minimum atomic E-state index is -4.20. The number of benzene rings is 2. The summed E-state index contributed by atoms with van der Waals surface area (Å²) in [6, 6.07) is 13.5. The summed E-state index contributed by atoms with van der Waals surface area (Å²) < 4.78 is 33.4. The number of sulfone groups is 1. The molecule has 2 aromatic carbocycles. The van der Waals surface area contributed by atoms with E-state index in [1.807, 2.05) is 6.92 Å². The maximum absolute atomic E-state index is 13.6. The number of anilines is 1. The second kappa shape index (κ2) is 9.08. The van der Waals surface area contributed by atoms with Gasteiger partial charge in [-0.15, -0.1) is 11.3 Å². The molecular weight excluding hydrogens is 532 g/mol. The molecule has 1 aromatic heterocycles. The number of non-ortho nitro benzene ring substituents is 1. The number of hydrogen-bond acceptors (Lipinski definition) is 7. The number of halogens is 1. The molecule has 0 bridgehead atoms. The first kappa shape index (κ1) is 23.1. The molecule has 1 aliphatic heterocycles. The van der Waals surface area contributed by atoms with E-state index in [0.29, 0.717) is 22.9 Å². The first-order valence-corrected chi connectivity index (χ1v) is 12.9. The van der Waals surface area contributed by atoms with E-state index in [2.05, 4.69) is 15.9 Å². The van der Waals surface area contributed by atoms with Crippen molar-refractivity contribution in [3.8, 4) is 5.75 Å². The molecule has 2 heterocycles. The average molecular weight is 549 g/mol. The Morgan fingerprint density at radius 3 is 2.55 bits per heavy atom. The summed E-state index contributed by atoms with van der Waals surface area (Å²) in [6.07, 6.45) is 1.34. The average Bonchev–Trinajstić information content (AvgIpc) is 3.28.